The number of benzene rings is 2. The van der Waals surface area contributed by atoms with Crippen LogP contribution >= 0.6 is 0 Å². The van der Waals surface area contributed by atoms with E-state index in [0.29, 0.717) is 35.6 Å². The Morgan fingerprint density at radius 1 is 1.00 bits per heavy atom. The Labute approximate surface area is 231 Å². The van der Waals surface area contributed by atoms with E-state index in [1.807, 2.05) is 19.9 Å². The molecule has 40 heavy (non-hydrogen) atoms. The van der Waals surface area contributed by atoms with E-state index in [2.05, 4.69) is 4.98 Å². The Kier molecular flexibility index (Phi) is 7.51. The van der Waals surface area contributed by atoms with Gasteiger partial charge in [-0.15, -0.1) is 0 Å². The average molecular weight is 550 g/mol. The summed E-state index contributed by atoms with van der Waals surface area (Å²) in [6, 6.07) is 10.6. The minimum atomic E-state index is -0.914. The summed E-state index contributed by atoms with van der Waals surface area (Å²) in [6.45, 7) is 7.34. The lowest BCUT2D eigenvalue weighted by atomic mass is 9.82. The molecule has 2 aromatic carbocycles. The van der Waals surface area contributed by atoms with Gasteiger partial charge in [0.2, 0.25) is 0 Å². The maximum Gasteiger partial charge on any atom is 0.513 e. The molecule has 3 heterocycles. The van der Waals surface area contributed by atoms with Gasteiger partial charge in [0.15, 0.2) is 5.76 Å². The van der Waals surface area contributed by atoms with Crippen molar-refractivity contribution in [2.24, 2.45) is 0 Å². The summed E-state index contributed by atoms with van der Waals surface area (Å²) in [4.78, 5) is 45.0. The van der Waals surface area contributed by atoms with Gasteiger partial charge in [-0.2, -0.15) is 0 Å². The van der Waals surface area contributed by atoms with Crippen LogP contribution in [0.15, 0.2) is 48.7 Å². The third-order valence-corrected chi connectivity index (χ3v) is 7.16. The zero-order valence-corrected chi connectivity index (χ0v) is 22.8. The quantitative estimate of drug-likeness (QED) is 0.389. The first kappa shape index (κ1) is 27.2. The number of aromatic amines is 1. The zero-order valence-electron chi connectivity index (χ0n) is 22.8. The van der Waals surface area contributed by atoms with Crippen molar-refractivity contribution in [3.63, 3.8) is 0 Å². The maximum absolute atomic E-state index is 13.5. The van der Waals surface area contributed by atoms with Crippen molar-refractivity contribution < 1.29 is 33.0 Å². The Morgan fingerprint density at radius 3 is 2.42 bits per heavy atom. The Morgan fingerprint density at radius 2 is 1.73 bits per heavy atom. The number of nitrogens with zero attached hydrogens (tertiary/aromatic N) is 2. The van der Waals surface area contributed by atoms with Gasteiger partial charge in [0, 0.05) is 47.6 Å². The van der Waals surface area contributed by atoms with Crippen LogP contribution in [-0.4, -0.2) is 59.2 Å². The smallest absolute Gasteiger partial charge is 0.434 e. The van der Waals surface area contributed by atoms with Crippen molar-refractivity contribution in [1.82, 2.24) is 14.8 Å². The van der Waals surface area contributed by atoms with E-state index in [1.165, 1.54) is 35.4 Å². The van der Waals surface area contributed by atoms with Crippen LogP contribution in [0.4, 0.5) is 14.0 Å². The maximum atomic E-state index is 13.5. The normalized spacial score (nSPS) is 16.6. The van der Waals surface area contributed by atoms with Gasteiger partial charge in [-0.3, -0.25) is 4.79 Å². The fourth-order valence-corrected chi connectivity index (χ4v) is 5.33. The molecule has 3 aromatic rings. The molecule has 0 atom stereocenters. The number of likely N-dealkylation sites (tertiary alicyclic amines) is 1. The minimum Gasteiger partial charge on any atom is -0.434 e. The van der Waals surface area contributed by atoms with Crippen LogP contribution in [0.1, 0.15) is 61.6 Å². The summed E-state index contributed by atoms with van der Waals surface area (Å²) in [7, 11) is 0. The van der Waals surface area contributed by atoms with E-state index < -0.39 is 17.4 Å². The number of aromatic nitrogens is 1. The Hall–Kier alpha value is -4.34. The highest BCUT2D eigenvalue weighted by molar-refractivity contribution is 5.97. The largest absolute Gasteiger partial charge is 0.513 e. The number of fused-ring (bicyclic) bond motifs is 3. The van der Waals surface area contributed by atoms with Gasteiger partial charge in [-0.05, 0) is 68.1 Å². The fourth-order valence-electron chi connectivity index (χ4n) is 5.33. The number of carbonyl (C=O) groups is 3. The first-order chi connectivity index (χ1) is 19.2. The highest BCUT2D eigenvalue weighted by Gasteiger charge is 2.37. The third-order valence-electron chi connectivity index (χ3n) is 7.16. The molecule has 1 saturated heterocycles. The number of rotatable bonds is 4. The number of halogens is 1. The van der Waals surface area contributed by atoms with Crippen molar-refractivity contribution in [2.45, 2.75) is 45.4 Å². The molecule has 0 aliphatic carbocycles. The summed E-state index contributed by atoms with van der Waals surface area (Å²) < 4.78 is 29.8. The first-order valence-electron chi connectivity index (χ1n) is 13.4. The van der Waals surface area contributed by atoms with Gasteiger partial charge in [-0.25, -0.2) is 14.0 Å². The molecule has 2 aliphatic heterocycles. The molecule has 9 nitrogen and oxygen atoms in total. The van der Waals surface area contributed by atoms with Gasteiger partial charge in [0.1, 0.15) is 11.6 Å². The van der Waals surface area contributed by atoms with Crippen molar-refractivity contribution in [3.05, 3.63) is 71.3 Å². The van der Waals surface area contributed by atoms with E-state index in [1.54, 1.807) is 24.0 Å². The van der Waals surface area contributed by atoms with E-state index in [9.17, 15) is 18.8 Å². The second-order valence-corrected chi connectivity index (χ2v) is 10.6. The molecule has 1 fully saturated rings. The summed E-state index contributed by atoms with van der Waals surface area (Å²) in [5.74, 6) is -0.337. The number of piperidine rings is 1. The second kappa shape index (κ2) is 11.0. The number of nitrogens with one attached hydrogen (secondary N) is 1. The lowest BCUT2D eigenvalue weighted by Crippen LogP contribution is -2.37. The van der Waals surface area contributed by atoms with E-state index in [4.69, 9.17) is 14.2 Å². The van der Waals surface area contributed by atoms with Gasteiger partial charge >= 0.3 is 12.2 Å². The number of amides is 2. The molecule has 0 unspecified atom stereocenters. The highest BCUT2D eigenvalue weighted by atomic mass is 19.1. The van der Waals surface area contributed by atoms with Crippen molar-refractivity contribution in [2.75, 3.05) is 26.2 Å². The molecule has 1 aromatic heterocycles. The molecular weight excluding hydrogens is 517 g/mol. The monoisotopic (exact) mass is 549 g/mol. The summed E-state index contributed by atoms with van der Waals surface area (Å²) in [6.07, 6.45) is 3.20. The Balaban J connectivity index is 1.53. The van der Waals surface area contributed by atoms with E-state index >= 15 is 0 Å². The lowest BCUT2D eigenvalue weighted by molar-refractivity contribution is 0.0788. The number of hydrogen-bond donors (Lipinski definition) is 1. The standard InChI is InChI=1S/C30H32FN3O6/c1-4-38-29(37)40-24-17-34(27(35)19-8-10-20(31)11-9-19)18-30(2,3)25-22-13-12-21(16-23(22)32-26(24)25)39-28(36)33-14-6-5-7-15-33/h8-13,16-17,32H,4-7,14-15,18H2,1-3H3. The molecule has 1 N–H and O–H groups in total. The molecule has 2 aliphatic rings. The molecular formula is C30H32FN3O6. The molecule has 2 amide bonds. The predicted octanol–water partition coefficient (Wildman–Crippen LogP) is 6.20. The Bertz CT molecular complexity index is 1470. The minimum absolute atomic E-state index is 0.0950. The summed E-state index contributed by atoms with van der Waals surface area (Å²) in [5.41, 5.74) is 1.67. The predicted molar refractivity (Wildman–Crippen MR) is 146 cm³/mol. The lowest BCUT2D eigenvalue weighted by Gasteiger charge is -2.29. The molecule has 0 spiro atoms. The molecule has 0 saturated carbocycles. The van der Waals surface area contributed by atoms with Crippen LogP contribution < -0.4 is 4.74 Å². The van der Waals surface area contributed by atoms with Crippen molar-refractivity contribution >= 4 is 34.8 Å². The number of hydrogen-bond acceptors (Lipinski definition) is 6. The van der Waals surface area contributed by atoms with Crippen LogP contribution in [0, 0.1) is 5.82 Å². The van der Waals surface area contributed by atoms with Gasteiger partial charge < -0.3 is 29.0 Å². The topological polar surface area (TPSA) is 101 Å². The fraction of sp³-hybridized carbons (Fsp3) is 0.367. The molecule has 0 bridgehead atoms. The average Bonchev–Trinajstić information content (AvgIpc) is 3.28. The molecule has 0 radical (unpaired) electrons. The van der Waals surface area contributed by atoms with Crippen LogP contribution in [0.2, 0.25) is 0 Å². The molecule has 10 heteroatoms. The van der Waals surface area contributed by atoms with E-state index in [0.717, 1.165) is 30.2 Å². The van der Waals surface area contributed by atoms with Gasteiger partial charge in [0.25, 0.3) is 5.91 Å². The van der Waals surface area contributed by atoms with Crippen molar-refractivity contribution in [1.29, 1.82) is 0 Å². The zero-order chi connectivity index (χ0) is 28.4. The molecule has 5 rings (SSSR count). The van der Waals surface area contributed by atoms with Crippen LogP contribution in [0.25, 0.3) is 16.7 Å². The number of H-pyrrole nitrogens is 1. The van der Waals surface area contributed by atoms with E-state index in [-0.39, 0.29) is 30.9 Å². The van der Waals surface area contributed by atoms with Crippen LogP contribution in [-0.2, 0) is 14.9 Å². The summed E-state index contributed by atoms with van der Waals surface area (Å²) >= 11 is 0. The van der Waals surface area contributed by atoms with Crippen LogP contribution in [0.5, 0.6) is 5.75 Å². The first-order valence-corrected chi connectivity index (χ1v) is 13.4. The SMILES string of the molecule is CCOC(=O)OC1=CN(C(=O)c2ccc(F)cc2)CC(C)(C)c2c1[nH]c1cc(OC(=O)N3CCCCC3)ccc21. The molecule has 210 valence electrons. The second-order valence-electron chi connectivity index (χ2n) is 10.6. The third kappa shape index (κ3) is 5.52. The van der Waals surface area contributed by atoms with Crippen molar-refractivity contribution in [3.8, 4) is 5.75 Å². The number of ether oxygens (including phenoxy) is 3. The van der Waals surface area contributed by atoms with Gasteiger partial charge in [-0.1, -0.05) is 13.8 Å². The summed E-state index contributed by atoms with van der Waals surface area (Å²) in [5, 5.41) is 0.826. The number of carbonyl (C=O) groups excluding carboxylic acids is 3. The van der Waals surface area contributed by atoms with Gasteiger partial charge in [0.05, 0.1) is 18.5 Å². The highest BCUT2D eigenvalue weighted by Crippen LogP contribution is 2.41. The van der Waals surface area contributed by atoms with Crippen LogP contribution in [0.3, 0.4) is 0 Å².